The van der Waals surface area contributed by atoms with E-state index >= 15 is 0 Å². The fourth-order valence-electron chi connectivity index (χ4n) is 4.19. The quantitative estimate of drug-likeness (QED) is 0.172. The number of unbranched alkanes of at least 4 members (excludes halogenated alkanes) is 1. The second-order valence-corrected chi connectivity index (χ2v) is 14.9. The normalized spacial score (nSPS) is 11.8. The topological polar surface area (TPSA) is 78.6 Å². The van der Waals surface area contributed by atoms with Crippen molar-refractivity contribution in [2.75, 3.05) is 13.2 Å². The summed E-state index contributed by atoms with van der Waals surface area (Å²) in [5.74, 6) is -1.47. The maximum Gasteiger partial charge on any atom is 0.337 e. The minimum atomic E-state index is -1.78. The number of hydrogen-bond donors (Lipinski definition) is 1. The third kappa shape index (κ3) is 8.73. The third-order valence-electron chi connectivity index (χ3n) is 6.20. The van der Waals surface area contributed by atoms with Gasteiger partial charge in [0.05, 0.1) is 21.3 Å². The van der Waals surface area contributed by atoms with Crippen molar-refractivity contribution in [3.63, 3.8) is 0 Å². The van der Waals surface area contributed by atoms with Crippen LogP contribution >= 0.6 is 0 Å². The van der Waals surface area contributed by atoms with Gasteiger partial charge in [0.1, 0.15) is 0 Å². The SMILES string of the molecule is CCOC(=O)C(N)(CCc1ccc(CCCC[Si](C)(C)Cc2ccccc2)cc1)C(=O)OCC. The molecule has 0 radical (unpaired) electrons. The number of benzene rings is 2. The molecule has 0 unspecified atom stereocenters. The lowest BCUT2D eigenvalue weighted by Gasteiger charge is -2.24. The molecule has 2 aromatic rings. The smallest absolute Gasteiger partial charge is 0.337 e. The zero-order valence-electron chi connectivity index (χ0n) is 21.3. The number of rotatable bonds is 14. The van der Waals surface area contributed by atoms with Crippen LogP contribution in [0.15, 0.2) is 54.6 Å². The van der Waals surface area contributed by atoms with Gasteiger partial charge >= 0.3 is 11.9 Å². The highest BCUT2D eigenvalue weighted by molar-refractivity contribution is 6.76. The van der Waals surface area contributed by atoms with Gasteiger partial charge in [-0.15, -0.1) is 0 Å². The maximum atomic E-state index is 12.3. The molecule has 0 aliphatic carbocycles. The molecule has 0 aliphatic rings. The number of hydrogen-bond acceptors (Lipinski definition) is 5. The van der Waals surface area contributed by atoms with Gasteiger partial charge in [-0.25, -0.2) is 9.59 Å². The van der Waals surface area contributed by atoms with Gasteiger partial charge in [0.25, 0.3) is 0 Å². The standard InChI is InChI=1S/C28H41NO4Si/c1-5-32-26(30)28(29,27(31)33-6-2)20-19-24-17-15-23(16-18-24)12-10-11-21-34(3,4)22-25-13-8-7-9-14-25/h7-9,13-18H,5-6,10-12,19-22,29H2,1-4H3. The number of carbonyl (C=O) groups is 2. The van der Waals surface area contributed by atoms with Crippen LogP contribution in [-0.2, 0) is 37.9 Å². The molecule has 0 fully saturated rings. The molecule has 0 saturated heterocycles. The van der Waals surface area contributed by atoms with Gasteiger partial charge in [0, 0.05) is 0 Å². The first-order chi connectivity index (χ1) is 16.2. The van der Waals surface area contributed by atoms with Crippen molar-refractivity contribution in [1.29, 1.82) is 0 Å². The number of aryl methyl sites for hydroxylation is 2. The first-order valence-corrected chi connectivity index (χ1v) is 15.9. The molecule has 6 heteroatoms. The summed E-state index contributed by atoms with van der Waals surface area (Å²) in [7, 11) is -1.24. The lowest BCUT2D eigenvalue weighted by atomic mass is 9.91. The van der Waals surface area contributed by atoms with Crippen molar-refractivity contribution in [2.24, 2.45) is 5.73 Å². The second-order valence-electron chi connectivity index (χ2n) is 9.76. The molecule has 0 spiro atoms. The molecule has 2 aromatic carbocycles. The third-order valence-corrected chi connectivity index (χ3v) is 9.28. The van der Waals surface area contributed by atoms with Crippen LogP contribution in [-0.4, -0.2) is 38.8 Å². The Morgan fingerprint density at radius 1 is 0.794 bits per heavy atom. The summed E-state index contributed by atoms with van der Waals surface area (Å²) >= 11 is 0. The Kier molecular flexibility index (Phi) is 11.0. The zero-order chi connectivity index (χ0) is 25.0. The minimum absolute atomic E-state index is 0.144. The van der Waals surface area contributed by atoms with E-state index in [1.807, 2.05) is 0 Å². The van der Waals surface area contributed by atoms with E-state index in [9.17, 15) is 9.59 Å². The zero-order valence-corrected chi connectivity index (χ0v) is 22.3. The van der Waals surface area contributed by atoms with Gasteiger partial charge in [0.2, 0.25) is 5.54 Å². The minimum Gasteiger partial charge on any atom is -0.464 e. The number of ether oxygens (including phenoxy) is 2. The molecule has 5 nitrogen and oxygen atoms in total. The molecule has 0 aromatic heterocycles. The van der Waals surface area contributed by atoms with Crippen LogP contribution in [0.4, 0.5) is 0 Å². The predicted molar refractivity (Wildman–Crippen MR) is 140 cm³/mol. The van der Waals surface area contributed by atoms with E-state index in [4.69, 9.17) is 15.2 Å². The summed E-state index contributed by atoms with van der Waals surface area (Å²) in [6.45, 7) is 8.68. The predicted octanol–water partition coefficient (Wildman–Crippen LogP) is 5.26. The van der Waals surface area contributed by atoms with Crippen LogP contribution in [0.2, 0.25) is 19.1 Å². The monoisotopic (exact) mass is 483 g/mol. The van der Waals surface area contributed by atoms with Crippen molar-refractivity contribution in [3.8, 4) is 0 Å². The van der Waals surface area contributed by atoms with Crippen LogP contribution in [0, 0.1) is 0 Å². The second kappa shape index (κ2) is 13.4. The lowest BCUT2D eigenvalue weighted by molar-refractivity contribution is -0.164. The van der Waals surface area contributed by atoms with Crippen molar-refractivity contribution in [2.45, 2.75) is 76.7 Å². The maximum absolute atomic E-state index is 12.3. The Morgan fingerprint density at radius 3 is 1.85 bits per heavy atom. The Bertz CT molecular complexity index is 878. The summed E-state index contributed by atoms with van der Waals surface area (Å²) in [4.78, 5) is 24.7. The summed E-state index contributed by atoms with van der Waals surface area (Å²) in [6, 6.07) is 21.8. The lowest BCUT2D eigenvalue weighted by Crippen LogP contribution is -2.57. The highest BCUT2D eigenvalue weighted by Gasteiger charge is 2.44. The number of carbonyl (C=O) groups excluding carboxylic acids is 2. The van der Waals surface area contributed by atoms with Crippen LogP contribution < -0.4 is 5.73 Å². The van der Waals surface area contributed by atoms with Crippen molar-refractivity contribution >= 4 is 20.0 Å². The molecule has 34 heavy (non-hydrogen) atoms. The van der Waals surface area contributed by atoms with Crippen LogP contribution in [0.25, 0.3) is 0 Å². The van der Waals surface area contributed by atoms with Crippen LogP contribution in [0.3, 0.4) is 0 Å². The van der Waals surface area contributed by atoms with E-state index in [0.29, 0.717) is 6.42 Å². The van der Waals surface area contributed by atoms with Gasteiger partial charge in [-0.05, 0) is 56.7 Å². The van der Waals surface area contributed by atoms with Crippen LogP contribution in [0.1, 0.15) is 49.8 Å². The van der Waals surface area contributed by atoms with Gasteiger partial charge in [-0.3, -0.25) is 0 Å². The van der Waals surface area contributed by atoms with Gasteiger partial charge < -0.3 is 15.2 Å². The Labute approximate surface area is 206 Å². The largest absolute Gasteiger partial charge is 0.464 e. The van der Waals surface area contributed by atoms with Crippen molar-refractivity contribution < 1.29 is 19.1 Å². The summed E-state index contributed by atoms with van der Waals surface area (Å²) in [5.41, 5.74) is 8.18. The molecule has 2 rings (SSSR count). The molecule has 0 bridgehead atoms. The van der Waals surface area contributed by atoms with E-state index in [1.165, 1.54) is 36.1 Å². The molecule has 0 heterocycles. The van der Waals surface area contributed by atoms with E-state index in [2.05, 4.69) is 67.7 Å². The Hall–Kier alpha value is -2.44. The average Bonchev–Trinajstić information content (AvgIpc) is 2.81. The van der Waals surface area contributed by atoms with E-state index in [-0.39, 0.29) is 19.6 Å². The molecule has 0 aliphatic heterocycles. The Balaban J connectivity index is 1.82. The van der Waals surface area contributed by atoms with Crippen LogP contribution in [0.5, 0.6) is 0 Å². The number of nitrogens with two attached hydrogens (primary N) is 1. The van der Waals surface area contributed by atoms with Gasteiger partial charge in [-0.2, -0.15) is 0 Å². The van der Waals surface area contributed by atoms with Crippen molar-refractivity contribution in [3.05, 3.63) is 71.3 Å². The summed E-state index contributed by atoms with van der Waals surface area (Å²) in [6.07, 6.45) is 4.13. The highest BCUT2D eigenvalue weighted by Crippen LogP contribution is 2.21. The average molecular weight is 484 g/mol. The fraction of sp³-hybridized carbons (Fsp3) is 0.500. The molecule has 0 atom stereocenters. The number of esters is 2. The summed E-state index contributed by atoms with van der Waals surface area (Å²) in [5, 5.41) is 0. The van der Waals surface area contributed by atoms with Gasteiger partial charge in [-0.1, -0.05) is 85.7 Å². The Morgan fingerprint density at radius 2 is 1.32 bits per heavy atom. The van der Waals surface area contributed by atoms with E-state index < -0.39 is 25.6 Å². The molecule has 2 N–H and O–H groups in total. The fourth-order valence-corrected chi connectivity index (χ4v) is 6.92. The van der Waals surface area contributed by atoms with E-state index in [1.54, 1.807) is 13.8 Å². The molecule has 0 saturated carbocycles. The highest BCUT2D eigenvalue weighted by atomic mass is 28.3. The summed E-state index contributed by atoms with van der Waals surface area (Å²) < 4.78 is 10.1. The van der Waals surface area contributed by atoms with Gasteiger partial charge in [0.15, 0.2) is 0 Å². The molecule has 0 amide bonds. The molecular weight excluding hydrogens is 442 g/mol. The molecule has 186 valence electrons. The first-order valence-electron chi connectivity index (χ1n) is 12.5. The van der Waals surface area contributed by atoms with E-state index in [0.717, 1.165) is 12.0 Å². The van der Waals surface area contributed by atoms with Crippen molar-refractivity contribution in [1.82, 2.24) is 0 Å². The first kappa shape index (κ1) is 27.8. The molecular formula is C28H41NO4Si.